The second-order valence-electron chi connectivity index (χ2n) is 12.9. The summed E-state index contributed by atoms with van der Waals surface area (Å²) in [7, 11) is 1.61. The minimum atomic E-state index is -1.03. The molecule has 0 aromatic carbocycles. The van der Waals surface area contributed by atoms with Crippen molar-refractivity contribution < 1.29 is 42.8 Å². The Labute approximate surface area is 265 Å². The Morgan fingerprint density at radius 3 is 2.64 bits per heavy atom. The number of epoxide rings is 2. The molecule has 2 unspecified atom stereocenters. The highest BCUT2D eigenvalue weighted by atomic mass is 16.6. The van der Waals surface area contributed by atoms with Gasteiger partial charge in [-0.3, -0.25) is 4.79 Å². The molecule has 2 radical (unpaired) electrons. The predicted molar refractivity (Wildman–Crippen MR) is 165 cm³/mol. The van der Waals surface area contributed by atoms with Gasteiger partial charge in [-0.05, 0) is 56.8 Å². The summed E-state index contributed by atoms with van der Waals surface area (Å²) in [4.78, 5) is 30.0. The molecule has 11 atom stereocenters. The van der Waals surface area contributed by atoms with E-state index in [1.807, 2.05) is 71.1 Å². The second kappa shape index (κ2) is 13.7. The molecule has 1 aromatic rings. The first kappa shape index (κ1) is 33.3. The zero-order chi connectivity index (χ0) is 32.5. The predicted octanol–water partition coefficient (Wildman–Crippen LogP) is 4.67. The van der Waals surface area contributed by atoms with Crippen LogP contribution >= 0.6 is 0 Å². The van der Waals surface area contributed by atoms with Crippen molar-refractivity contribution in [3.63, 3.8) is 0 Å². The van der Waals surface area contributed by atoms with E-state index in [9.17, 15) is 14.7 Å². The lowest BCUT2D eigenvalue weighted by atomic mass is 9.84. The van der Waals surface area contributed by atoms with Crippen molar-refractivity contribution in [3.8, 4) is 0 Å². The van der Waals surface area contributed by atoms with E-state index in [0.29, 0.717) is 18.7 Å². The topological polar surface area (TPSA) is 133 Å². The molecule has 10 heteroatoms. The summed E-state index contributed by atoms with van der Waals surface area (Å²) in [6.45, 7) is 11.5. The fraction of sp³-hybridized carbons (Fsp3) is 0.571. The van der Waals surface area contributed by atoms with Gasteiger partial charge >= 0.3 is 11.9 Å². The molecule has 45 heavy (non-hydrogen) atoms. The zero-order valence-corrected chi connectivity index (χ0v) is 27.0. The molecule has 5 rings (SSSR count). The van der Waals surface area contributed by atoms with Gasteiger partial charge in [-0.15, -0.1) is 0 Å². The summed E-state index contributed by atoms with van der Waals surface area (Å²) in [5.74, 6) is -0.720. The second-order valence-corrected chi connectivity index (χ2v) is 12.9. The number of hydrogen-bond acceptors (Lipinski definition) is 10. The van der Waals surface area contributed by atoms with Gasteiger partial charge in [0, 0.05) is 32.3 Å². The molecule has 0 aliphatic carbocycles. The molecule has 2 bridgehead atoms. The minimum absolute atomic E-state index is 0.0432. The van der Waals surface area contributed by atoms with Gasteiger partial charge in [0.2, 0.25) is 0 Å². The number of esters is 2. The van der Waals surface area contributed by atoms with Crippen molar-refractivity contribution in [1.82, 2.24) is 4.98 Å². The largest absolute Gasteiger partial charge is 0.462 e. The van der Waals surface area contributed by atoms with Crippen LogP contribution in [0.1, 0.15) is 59.0 Å². The molecule has 0 amide bonds. The number of aromatic nitrogens is 1. The minimum Gasteiger partial charge on any atom is -0.462 e. The first-order chi connectivity index (χ1) is 21.4. The van der Waals surface area contributed by atoms with E-state index in [1.165, 1.54) is 0 Å². The average Bonchev–Trinajstić information content (AvgIpc) is 3.86. The van der Waals surface area contributed by atoms with Gasteiger partial charge in [-0.2, -0.15) is 0 Å². The number of aryl methyl sites for hydroxylation is 1. The lowest BCUT2D eigenvalue weighted by Crippen LogP contribution is -2.42. The fourth-order valence-corrected chi connectivity index (χ4v) is 6.27. The molecule has 0 saturated carbocycles. The van der Waals surface area contributed by atoms with Crippen molar-refractivity contribution >= 4 is 18.0 Å². The van der Waals surface area contributed by atoms with Gasteiger partial charge in [0.15, 0.2) is 12.0 Å². The van der Waals surface area contributed by atoms with Gasteiger partial charge in [0.1, 0.15) is 35.9 Å². The van der Waals surface area contributed by atoms with Crippen LogP contribution in [0.4, 0.5) is 0 Å². The summed E-state index contributed by atoms with van der Waals surface area (Å²) in [5.41, 5.74) is 1.76. The van der Waals surface area contributed by atoms with Gasteiger partial charge in [0.05, 0.1) is 24.7 Å². The lowest BCUT2D eigenvalue weighted by Gasteiger charge is -2.32. The monoisotopic (exact) mass is 623 g/mol. The van der Waals surface area contributed by atoms with Crippen LogP contribution in [-0.4, -0.2) is 77.5 Å². The number of methoxy groups -OCH3 is 1. The summed E-state index contributed by atoms with van der Waals surface area (Å²) in [6.07, 6.45) is 13.7. The maximum absolute atomic E-state index is 13.3. The van der Waals surface area contributed by atoms with Crippen LogP contribution < -0.4 is 0 Å². The molecular weight excluding hydrogens is 578 g/mol. The molecule has 4 aliphatic heterocycles. The number of fused-ring (bicyclic) bond motifs is 4. The Balaban J connectivity index is 1.33. The van der Waals surface area contributed by atoms with E-state index in [-0.39, 0.29) is 42.0 Å². The van der Waals surface area contributed by atoms with Crippen molar-refractivity contribution in [2.45, 2.75) is 103 Å². The molecule has 5 heterocycles. The van der Waals surface area contributed by atoms with E-state index in [1.54, 1.807) is 33.1 Å². The van der Waals surface area contributed by atoms with Crippen LogP contribution in [0.25, 0.3) is 6.08 Å². The van der Waals surface area contributed by atoms with Crippen LogP contribution in [0.2, 0.25) is 0 Å². The fourth-order valence-electron chi connectivity index (χ4n) is 6.27. The number of aliphatic hydroxyl groups is 1. The number of allylic oxidation sites excluding steroid dienone is 4. The Kier molecular flexibility index (Phi) is 10.2. The SMILES string of the molecule is CO[C@@H](/C(C)=C/C=C/C(C)=C/c1coc(C)n1)[C@@H](C)C1[CH][C@H](O)[C@]2(C)O[C@@H]2/C=C/[C@@H](C)[C@H]2CC([CH]C(=O)O2)C[C@H]2O[C@H]2C(=O)O1. The number of carbonyl (C=O) groups is 2. The summed E-state index contributed by atoms with van der Waals surface area (Å²) >= 11 is 0. The van der Waals surface area contributed by atoms with Crippen LogP contribution in [0.15, 0.2) is 52.2 Å². The van der Waals surface area contributed by atoms with E-state index < -0.39 is 36.0 Å². The first-order valence-electron chi connectivity index (χ1n) is 15.7. The standard InChI is InChI=1S/C35H45NO9/c1-19(13-25-18-41-23(5)36-25)9-8-10-21(3)32(40-7)22(4)27-17-29(37)35(6)30(45-35)12-11-20(2)26-14-24(16-31(38)42-26)15-28-33(43-28)34(39)44-27/h8-13,16-18,20,22,24,26-30,32-33,37H,14-15H2,1-7H3/b9-8+,12-11+,19-13+,21-10+/t20-,22+,24?,26-,27?,28-,29+,30-,32+,33-,35+/m1/s1. The molecule has 1 aromatic heterocycles. The molecule has 244 valence electrons. The Morgan fingerprint density at radius 2 is 1.93 bits per heavy atom. The smallest absolute Gasteiger partial charge is 0.338 e. The molecule has 3 fully saturated rings. The molecule has 3 saturated heterocycles. The third kappa shape index (κ3) is 8.03. The number of aliphatic hydroxyl groups excluding tert-OH is 1. The molecular formula is C35H45NO9. The van der Waals surface area contributed by atoms with Crippen LogP contribution in [0.5, 0.6) is 0 Å². The summed E-state index contributed by atoms with van der Waals surface area (Å²) < 4.78 is 34.5. The third-order valence-corrected chi connectivity index (χ3v) is 9.23. The van der Waals surface area contributed by atoms with Crippen molar-refractivity contribution in [1.29, 1.82) is 0 Å². The number of cyclic esters (lactones) is 1. The van der Waals surface area contributed by atoms with Gasteiger partial charge in [-0.25, -0.2) is 9.78 Å². The van der Waals surface area contributed by atoms with E-state index >= 15 is 0 Å². The molecule has 10 nitrogen and oxygen atoms in total. The maximum Gasteiger partial charge on any atom is 0.338 e. The highest BCUT2D eigenvalue weighted by Crippen LogP contribution is 2.44. The van der Waals surface area contributed by atoms with Gasteiger partial charge in [0.25, 0.3) is 0 Å². The number of ether oxygens (including phenoxy) is 5. The third-order valence-electron chi connectivity index (χ3n) is 9.23. The van der Waals surface area contributed by atoms with E-state index in [0.717, 1.165) is 16.8 Å². The number of rotatable bonds is 7. The first-order valence-corrected chi connectivity index (χ1v) is 15.7. The normalized spacial score (nSPS) is 38.0. The Hall–Kier alpha value is -3.05. The number of hydrogen-bond donors (Lipinski definition) is 1. The molecule has 1 N–H and O–H groups in total. The van der Waals surface area contributed by atoms with Crippen LogP contribution in [0, 0.1) is 37.5 Å². The average molecular weight is 624 g/mol. The Morgan fingerprint density at radius 1 is 1.18 bits per heavy atom. The van der Waals surface area contributed by atoms with Crippen LogP contribution in [0.3, 0.4) is 0 Å². The van der Waals surface area contributed by atoms with Crippen molar-refractivity contribution in [2.75, 3.05) is 7.11 Å². The van der Waals surface area contributed by atoms with E-state index in [2.05, 4.69) is 4.98 Å². The van der Waals surface area contributed by atoms with Gasteiger partial charge in [-0.1, -0.05) is 44.2 Å². The highest BCUT2D eigenvalue weighted by Gasteiger charge is 2.57. The molecule has 4 aliphatic rings. The summed E-state index contributed by atoms with van der Waals surface area (Å²) in [6, 6.07) is 0. The number of oxazole rings is 1. The van der Waals surface area contributed by atoms with Gasteiger partial charge < -0.3 is 33.2 Å². The molecule has 0 spiro atoms. The Bertz CT molecular complexity index is 1360. The number of nitrogens with zero attached hydrogens (tertiary/aromatic N) is 1. The lowest BCUT2D eigenvalue weighted by molar-refractivity contribution is -0.154. The number of carbonyl (C=O) groups excluding carboxylic acids is 2. The summed E-state index contributed by atoms with van der Waals surface area (Å²) in [5, 5.41) is 11.3. The maximum atomic E-state index is 13.3. The van der Waals surface area contributed by atoms with E-state index in [4.69, 9.17) is 28.1 Å². The van der Waals surface area contributed by atoms with Crippen molar-refractivity contribution in [3.05, 3.63) is 72.2 Å². The zero-order valence-electron chi connectivity index (χ0n) is 27.0. The van der Waals surface area contributed by atoms with Crippen LogP contribution in [-0.2, 0) is 33.3 Å². The van der Waals surface area contributed by atoms with Crippen molar-refractivity contribution in [2.24, 2.45) is 17.8 Å². The highest BCUT2D eigenvalue weighted by molar-refractivity contribution is 5.81. The quantitative estimate of drug-likeness (QED) is 0.198.